The number of halogens is 1. The van der Waals surface area contributed by atoms with Gasteiger partial charge in [0.1, 0.15) is 5.75 Å². The Labute approximate surface area is 118 Å². The lowest BCUT2D eigenvalue weighted by molar-refractivity contribution is 0.291. The maximum absolute atomic E-state index is 9.94. The van der Waals surface area contributed by atoms with Crippen molar-refractivity contribution in [2.24, 2.45) is 0 Å². The van der Waals surface area contributed by atoms with Gasteiger partial charge in [0.05, 0.1) is 0 Å². The minimum absolute atomic E-state index is 0.185. The molecule has 0 aromatic heterocycles. The Kier molecular flexibility index (Phi) is 6.12. The first-order valence-electron chi connectivity index (χ1n) is 6.34. The van der Waals surface area contributed by atoms with Crippen LogP contribution in [0.5, 0.6) is 5.75 Å². The van der Waals surface area contributed by atoms with Gasteiger partial charge < -0.3 is 15.3 Å². The van der Waals surface area contributed by atoms with Gasteiger partial charge in [-0.1, -0.05) is 22.9 Å². The number of hydrogen-bond donors (Lipinski definition) is 2. The molecule has 4 heteroatoms. The number of likely N-dealkylation sites (N-methyl/N-ethyl adjacent to an activating group) is 1. The molecule has 1 rings (SSSR count). The van der Waals surface area contributed by atoms with Crippen molar-refractivity contribution in [1.29, 1.82) is 0 Å². The van der Waals surface area contributed by atoms with E-state index in [1.165, 1.54) is 0 Å². The monoisotopic (exact) mass is 314 g/mol. The first-order valence-corrected chi connectivity index (χ1v) is 7.13. The predicted molar refractivity (Wildman–Crippen MR) is 80.0 cm³/mol. The Morgan fingerprint density at radius 3 is 2.61 bits per heavy atom. The van der Waals surface area contributed by atoms with Crippen molar-refractivity contribution < 1.29 is 5.11 Å². The number of rotatable bonds is 6. The van der Waals surface area contributed by atoms with E-state index >= 15 is 0 Å². The number of hydrogen-bond acceptors (Lipinski definition) is 3. The molecule has 1 aromatic rings. The van der Waals surface area contributed by atoms with Crippen molar-refractivity contribution in [2.45, 2.75) is 32.4 Å². The molecular weight excluding hydrogens is 292 g/mol. The average Bonchev–Trinajstić information content (AvgIpc) is 2.33. The number of benzene rings is 1. The van der Waals surface area contributed by atoms with E-state index in [1.54, 1.807) is 6.07 Å². The van der Waals surface area contributed by atoms with Crippen LogP contribution in [0.3, 0.4) is 0 Å². The third kappa shape index (κ3) is 4.26. The molecule has 18 heavy (non-hydrogen) atoms. The highest BCUT2D eigenvalue weighted by atomic mass is 79.9. The number of nitrogens with zero attached hydrogens (tertiary/aromatic N) is 1. The van der Waals surface area contributed by atoms with Crippen LogP contribution in [0.4, 0.5) is 0 Å². The maximum atomic E-state index is 9.94. The zero-order chi connectivity index (χ0) is 13.7. The van der Waals surface area contributed by atoms with Gasteiger partial charge in [-0.2, -0.15) is 0 Å². The van der Waals surface area contributed by atoms with Crippen LogP contribution in [0.2, 0.25) is 0 Å². The van der Waals surface area contributed by atoms with E-state index in [0.29, 0.717) is 11.8 Å². The van der Waals surface area contributed by atoms with Gasteiger partial charge in [0.15, 0.2) is 0 Å². The fraction of sp³-hybridized carbons (Fsp3) is 0.571. The Morgan fingerprint density at radius 2 is 2.06 bits per heavy atom. The molecule has 0 radical (unpaired) electrons. The molecule has 0 aliphatic carbocycles. The normalized spacial score (nSPS) is 14.8. The van der Waals surface area contributed by atoms with E-state index in [9.17, 15) is 5.11 Å². The van der Waals surface area contributed by atoms with Gasteiger partial charge in [0.25, 0.3) is 0 Å². The molecule has 102 valence electrons. The van der Waals surface area contributed by atoms with Gasteiger partial charge in [-0.25, -0.2) is 0 Å². The zero-order valence-corrected chi connectivity index (χ0v) is 13.2. The molecule has 0 saturated carbocycles. The summed E-state index contributed by atoms with van der Waals surface area (Å²) in [6.07, 6.45) is 0.949. The molecule has 0 aliphatic rings. The summed E-state index contributed by atoms with van der Waals surface area (Å²) in [6, 6.07) is 6.22. The smallest absolute Gasteiger partial charge is 0.120 e. The van der Waals surface area contributed by atoms with Crippen LogP contribution >= 0.6 is 15.9 Å². The van der Waals surface area contributed by atoms with Gasteiger partial charge in [-0.05, 0) is 45.6 Å². The van der Waals surface area contributed by atoms with Crippen LogP contribution in [0.15, 0.2) is 22.7 Å². The number of aromatic hydroxyl groups is 1. The Bertz CT molecular complexity index is 382. The van der Waals surface area contributed by atoms with Crippen molar-refractivity contribution >= 4 is 15.9 Å². The summed E-state index contributed by atoms with van der Waals surface area (Å²) in [6.45, 7) is 5.20. The number of phenols is 1. The standard InChI is InChI=1S/C14H23BrN2O/c1-5-13(16-9-10(2)17(3)4)12-8-11(15)6-7-14(12)18/h6-8,10,13,16,18H,5,9H2,1-4H3. The molecule has 0 aliphatic heterocycles. The lowest BCUT2D eigenvalue weighted by Crippen LogP contribution is -2.37. The van der Waals surface area contributed by atoms with E-state index in [2.05, 4.69) is 54.1 Å². The summed E-state index contributed by atoms with van der Waals surface area (Å²) >= 11 is 3.45. The fourth-order valence-corrected chi connectivity index (χ4v) is 2.15. The summed E-state index contributed by atoms with van der Waals surface area (Å²) in [5, 5.41) is 13.5. The van der Waals surface area contributed by atoms with Crippen LogP contribution in [0.25, 0.3) is 0 Å². The highest BCUT2D eigenvalue weighted by Crippen LogP contribution is 2.29. The summed E-state index contributed by atoms with van der Waals surface area (Å²) < 4.78 is 0.996. The highest BCUT2D eigenvalue weighted by molar-refractivity contribution is 9.10. The van der Waals surface area contributed by atoms with Gasteiger partial charge in [0.2, 0.25) is 0 Å². The highest BCUT2D eigenvalue weighted by Gasteiger charge is 2.15. The first kappa shape index (κ1) is 15.5. The molecule has 0 amide bonds. The molecular formula is C14H23BrN2O. The third-order valence-corrected chi connectivity index (χ3v) is 3.81. The van der Waals surface area contributed by atoms with Gasteiger partial charge in [-0.15, -0.1) is 0 Å². The number of phenolic OH excluding ortho intramolecular Hbond substituents is 1. The Balaban J connectivity index is 2.74. The summed E-state index contributed by atoms with van der Waals surface area (Å²) in [4.78, 5) is 2.18. The topological polar surface area (TPSA) is 35.5 Å². The first-order chi connectivity index (χ1) is 8.45. The zero-order valence-electron chi connectivity index (χ0n) is 11.6. The Hall–Kier alpha value is -0.580. The SMILES string of the molecule is CCC(NCC(C)N(C)C)c1cc(Br)ccc1O. The molecule has 3 nitrogen and oxygen atoms in total. The summed E-state index contributed by atoms with van der Waals surface area (Å²) in [7, 11) is 4.15. The van der Waals surface area contributed by atoms with Gasteiger partial charge >= 0.3 is 0 Å². The molecule has 1 aromatic carbocycles. The second kappa shape index (κ2) is 7.12. The van der Waals surface area contributed by atoms with Crippen molar-refractivity contribution in [3.63, 3.8) is 0 Å². The van der Waals surface area contributed by atoms with Crippen molar-refractivity contribution in [3.8, 4) is 5.75 Å². The second-order valence-electron chi connectivity index (χ2n) is 4.88. The quantitative estimate of drug-likeness (QED) is 0.846. The molecule has 2 unspecified atom stereocenters. The van der Waals surface area contributed by atoms with E-state index in [4.69, 9.17) is 0 Å². The Morgan fingerprint density at radius 1 is 1.39 bits per heavy atom. The van der Waals surface area contributed by atoms with Crippen LogP contribution < -0.4 is 5.32 Å². The second-order valence-corrected chi connectivity index (χ2v) is 5.80. The van der Waals surface area contributed by atoms with Gasteiger partial charge in [-0.3, -0.25) is 0 Å². The van der Waals surface area contributed by atoms with Crippen molar-refractivity contribution in [1.82, 2.24) is 10.2 Å². The molecule has 0 heterocycles. The minimum atomic E-state index is 0.185. The van der Waals surface area contributed by atoms with E-state index in [-0.39, 0.29) is 6.04 Å². The van der Waals surface area contributed by atoms with Crippen LogP contribution in [-0.4, -0.2) is 36.7 Å². The van der Waals surface area contributed by atoms with Gasteiger partial charge in [0, 0.05) is 28.7 Å². The average molecular weight is 315 g/mol. The van der Waals surface area contributed by atoms with E-state index in [1.807, 2.05) is 12.1 Å². The minimum Gasteiger partial charge on any atom is -0.508 e. The molecule has 0 fully saturated rings. The lowest BCUT2D eigenvalue weighted by atomic mass is 10.0. The molecule has 0 bridgehead atoms. The van der Waals surface area contributed by atoms with Crippen molar-refractivity contribution in [3.05, 3.63) is 28.2 Å². The summed E-state index contributed by atoms with van der Waals surface area (Å²) in [5.74, 6) is 0.357. The van der Waals surface area contributed by atoms with Crippen LogP contribution in [-0.2, 0) is 0 Å². The molecule has 0 saturated heterocycles. The maximum Gasteiger partial charge on any atom is 0.120 e. The predicted octanol–water partition coefficient (Wildman–Crippen LogP) is 3.15. The summed E-state index contributed by atoms with van der Waals surface area (Å²) in [5.41, 5.74) is 0.956. The fourth-order valence-electron chi connectivity index (χ4n) is 1.77. The lowest BCUT2D eigenvalue weighted by Gasteiger charge is -2.25. The van der Waals surface area contributed by atoms with E-state index in [0.717, 1.165) is 23.0 Å². The van der Waals surface area contributed by atoms with Crippen molar-refractivity contribution in [2.75, 3.05) is 20.6 Å². The van der Waals surface area contributed by atoms with Crippen LogP contribution in [0.1, 0.15) is 31.9 Å². The molecule has 2 atom stereocenters. The molecule has 2 N–H and O–H groups in total. The third-order valence-electron chi connectivity index (χ3n) is 3.31. The van der Waals surface area contributed by atoms with Crippen LogP contribution in [0, 0.1) is 0 Å². The largest absolute Gasteiger partial charge is 0.508 e. The molecule has 0 spiro atoms. The number of nitrogens with one attached hydrogen (secondary N) is 1. The van der Waals surface area contributed by atoms with E-state index < -0.39 is 0 Å².